The molecule has 1 saturated heterocycles. The highest BCUT2D eigenvalue weighted by Crippen LogP contribution is 2.36. The number of Topliss-reactive ketones (excluding diaryl/α,β-unsaturated/α-hetero) is 1. The fraction of sp³-hybridized carbons (Fsp3) is 0.211. The Morgan fingerprint density at radius 2 is 1.65 bits per heavy atom. The van der Waals surface area contributed by atoms with Crippen molar-refractivity contribution in [1.82, 2.24) is 4.90 Å². The van der Waals surface area contributed by atoms with E-state index in [9.17, 15) is 14.4 Å². The van der Waals surface area contributed by atoms with Crippen molar-refractivity contribution in [3.8, 4) is 5.75 Å². The van der Waals surface area contributed by atoms with Crippen LogP contribution in [0.3, 0.4) is 0 Å². The van der Waals surface area contributed by atoms with Crippen molar-refractivity contribution in [3.63, 3.8) is 0 Å². The average Bonchev–Trinajstić information content (AvgIpc) is 3.04. The summed E-state index contributed by atoms with van der Waals surface area (Å²) in [6, 6.07) is 14.2. The summed E-state index contributed by atoms with van der Waals surface area (Å²) in [6.45, 7) is 0. The molecule has 0 saturated carbocycles. The van der Waals surface area contributed by atoms with Gasteiger partial charge in [-0.15, -0.1) is 0 Å². The van der Waals surface area contributed by atoms with E-state index in [1.807, 2.05) is 0 Å². The van der Waals surface area contributed by atoms with Gasteiger partial charge in [0.2, 0.25) is 5.78 Å². The summed E-state index contributed by atoms with van der Waals surface area (Å²) >= 11 is 0. The summed E-state index contributed by atoms with van der Waals surface area (Å²) < 4.78 is 15.0. The molecule has 0 bridgehead atoms. The lowest BCUT2D eigenvalue weighted by molar-refractivity contribution is 0.0720. The van der Waals surface area contributed by atoms with E-state index in [4.69, 9.17) is 9.47 Å². The fourth-order valence-corrected chi connectivity index (χ4v) is 2.85. The average molecular weight is 355 g/mol. The third-order valence-corrected chi connectivity index (χ3v) is 4.13. The van der Waals surface area contributed by atoms with Crippen molar-refractivity contribution in [1.29, 1.82) is 0 Å². The third kappa shape index (κ3) is 3.11. The van der Waals surface area contributed by atoms with Crippen molar-refractivity contribution in [2.45, 2.75) is 12.1 Å². The summed E-state index contributed by atoms with van der Waals surface area (Å²) in [5.41, 5.74) is 0.937. The molecule has 3 rings (SSSR count). The van der Waals surface area contributed by atoms with Crippen LogP contribution in [0.25, 0.3) is 0 Å². The van der Waals surface area contributed by atoms with Crippen LogP contribution in [0.15, 0.2) is 54.6 Å². The highest BCUT2D eigenvalue weighted by Gasteiger charge is 2.50. The molecule has 2 amide bonds. The predicted octanol–water partition coefficient (Wildman–Crippen LogP) is 3.21. The normalized spacial score (nSPS) is 19.0. The Hall–Kier alpha value is -3.35. The minimum Gasteiger partial charge on any atom is -0.497 e. The third-order valence-electron chi connectivity index (χ3n) is 4.13. The molecule has 0 radical (unpaired) electrons. The maximum atomic E-state index is 12.9. The number of ether oxygens (including phenoxy) is 3. The molecule has 0 N–H and O–H groups in total. The molecule has 0 spiro atoms. The lowest BCUT2D eigenvalue weighted by atomic mass is 9.95. The van der Waals surface area contributed by atoms with Gasteiger partial charge in [-0.05, 0) is 17.7 Å². The standard InChI is InChI=1S/C19H17NO6/c1-24-14-10-8-12(9-11-14)15-17(16(21)13-6-4-3-5-7-13)26-19(23)20(15)18(22)25-2/h3-11,15,17H,1-2H3/t15-,17+/m0/s1. The Morgan fingerprint density at radius 1 is 1.00 bits per heavy atom. The van der Waals surface area contributed by atoms with Crippen LogP contribution in [0.4, 0.5) is 9.59 Å². The van der Waals surface area contributed by atoms with E-state index in [0.29, 0.717) is 16.9 Å². The van der Waals surface area contributed by atoms with Crippen LogP contribution in [0.5, 0.6) is 5.75 Å². The van der Waals surface area contributed by atoms with Crippen molar-refractivity contribution in [2.75, 3.05) is 14.2 Å². The maximum absolute atomic E-state index is 12.9. The van der Waals surface area contributed by atoms with Crippen LogP contribution in [-0.2, 0) is 9.47 Å². The molecule has 0 unspecified atom stereocenters. The van der Waals surface area contributed by atoms with Gasteiger partial charge < -0.3 is 14.2 Å². The monoisotopic (exact) mass is 355 g/mol. The number of nitrogens with zero attached hydrogens (tertiary/aromatic N) is 1. The second-order valence-corrected chi connectivity index (χ2v) is 5.59. The molecule has 26 heavy (non-hydrogen) atoms. The number of ketones is 1. The summed E-state index contributed by atoms with van der Waals surface area (Å²) in [5.74, 6) is 0.209. The zero-order valence-corrected chi connectivity index (χ0v) is 14.2. The number of amides is 2. The van der Waals surface area contributed by atoms with Gasteiger partial charge in [-0.25, -0.2) is 14.5 Å². The molecular weight excluding hydrogens is 338 g/mol. The van der Waals surface area contributed by atoms with E-state index < -0.39 is 30.1 Å². The number of rotatable bonds is 4. The Morgan fingerprint density at radius 3 is 2.23 bits per heavy atom. The van der Waals surface area contributed by atoms with E-state index in [2.05, 4.69) is 4.74 Å². The van der Waals surface area contributed by atoms with E-state index in [0.717, 1.165) is 12.0 Å². The van der Waals surface area contributed by atoms with Crippen molar-refractivity contribution in [2.24, 2.45) is 0 Å². The van der Waals surface area contributed by atoms with E-state index in [-0.39, 0.29) is 0 Å². The molecule has 2 aromatic rings. The largest absolute Gasteiger partial charge is 0.497 e. The summed E-state index contributed by atoms with van der Waals surface area (Å²) in [7, 11) is 2.69. The molecule has 0 aliphatic carbocycles. The smallest absolute Gasteiger partial charge is 0.420 e. The second-order valence-electron chi connectivity index (χ2n) is 5.59. The van der Waals surface area contributed by atoms with Gasteiger partial charge in [-0.2, -0.15) is 0 Å². The quantitative estimate of drug-likeness (QED) is 0.783. The zero-order valence-electron chi connectivity index (χ0n) is 14.2. The Labute approximate surface area is 150 Å². The number of cyclic esters (lactones) is 1. The fourth-order valence-electron chi connectivity index (χ4n) is 2.85. The molecular formula is C19H17NO6. The Balaban J connectivity index is 2.02. The van der Waals surface area contributed by atoms with E-state index >= 15 is 0 Å². The van der Waals surface area contributed by atoms with Gasteiger partial charge in [0.15, 0.2) is 6.10 Å². The van der Waals surface area contributed by atoms with Crippen LogP contribution < -0.4 is 4.74 Å². The molecule has 2 aromatic carbocycles. The molecule has 2 atom stereocenters. The van der Waals surface area contributed by atoms with Crippen LogP contribution in [0.2, 0.25) is 0 Å². The number of carbonyl (C=O) groups excluding carboxylic acids is 3. The van der Waals surface area contributed by atoms with Crippen molar-refractivity contribution < 1.29 is 28.6 Å². The van der Waals surface area contributed by atoms with Crippen molar-refractivity contribution >= 4 is 18.0 Å². The number of hydrogen-bond acceptors (Lipinski definition) is 6. The topological polar surface area (TPSA) is 82.1 Å². The first kappa shape index (κ1) is 17.5. The Kier molecular flexibility index (Phi) is 4.88. The van der Waals surface area contributed by atoms with Gasteiger partial charge in [0, 0.05) is 5.56 Å². The molecule has 1 aliphatic rings. The Bertz CT molecular complexity index is 818. The summed E-state index contributed by atoms with van der Waals surface area (Å²) in [5, 5.41) is 0. The minimum atomic E-state index is -1.17. The first-order valence-corrected chi connectivity index (χ1v) is 7.88. The summed E-state index contributed by atoms with van der Waals surface area (Å²) in [4.78, 5) is 38.0. The highest BCUT2D eigenvalue weighted by molar-refractivity contribution is 6.04. The first-order chi connectivity index (χ1) is 12.6. The molecule has 0 aromatic heterocycles. The number of carbonyl (C=O) groups is 3. The van der Waals surface area contributed by atoms with Gasteiger partial charge in [0.1, 0.15) is 11.8 Å². The molecule has 7 heteroatoms. The molecule has 1 fully saturated rings. The second kappa shape index (κ2) is 7.26. The van der Waals surface area contributed by atoms with Gasteiger partial charge in [-0.1, -0.05) is 42.5 Å². The van der Waals surface area contributed by atoms with Crippen molar-refractivity contribution in [3.05, 3.63) is 65.7 Å². The number of methoxy groups -OCH3 is 2. The molecule has 1 aliphatic heterocycles. The van der Waals surface area contributed by atoms with Gasteiger partial charge in [0.05, 0.1) is 14.2 Å². The molecule has 7 nitrogen and oxygen atoms in total. The number of hydrogen-bond donors (Lipinski definition) is 0. The van der Waals surface area contributed by atoms with E-state index in [1.165, 1.54) is 7.11 Å². The highest BCUT2D eigenvalue weighted by atomic mass is 16.6. The van der Waals surface area contributed by atoms with Gasteiger partial charge in [-0.3, -0.25) is 4.79 Å². The lowest BCUT2D eigenvalue weighted by Crippen LogP contribution is -2.37. The lowest BCUT2D eigenvalue weighted by Gasteiger charge is -2.22. The number of imide groups is 1. The summed E-state index contributed by atoms with van der Waals surface area (Å²) in [6.07, 6.45) is -2.98. The molecule has 1 heterocycles. The SMILES string of the molecule is COC(=O)N1C(=O)O[C@@H](C(=O)c2ccccc2)[C@@H]1c1ccc(OC)cc1. The zero-order chi connectivity index (χ0) is 18.7. The minimum absolute atomic E-state index is 0.385. The van der Waals surface area contributed by atoms with Crippen LogP contribution >= 0.6 is 0 Å². The molecule has 134 valence electrons. The van der Waals surface area contributed by atoms with Crippen LogP contribution in [-0.4, -0.2) is 43.2 Å². The maximum Gasteiger partial charge on any atom is 0.420 e. The van der Waals surface area contributed by atoms with Gasteiger partial charge in [0.25, 0.3) is 0 Å². The van der Waals surface area contributed by atoms with E-state index in [1.54, 1.807) is 54.6 Å². The predicted molar refractivity (Wildman–Crippen MR) is 91.0 cm³/mol. The van der Waals surface area contributed by atoms with Crippen LogP contribution in [0.1, 0.15) is 22.0 Å². The van der Waals surface area contributed by atoms with Gasteiger partial charge >= 0.3 is 12.2 Å². The van der Waals surface area contributed by atoms with Crippen LogP contribution in [0, 0.1) is 0 Å². The first-order valence-electron chi connectivity index (χ1n) is 7.88. The number of benzene rings is 2.